The van der Waals surface area contributed by atoms with Gasteiger partial charge in [-0.15, -0.1) is 0 Å². The molecule has 1 heterocycles. The number of nitrogen functional groups attached to an aromatic ring is 1. The first-order valence-corrected chi connectivity index (χ1v) is 6.31. The number of amides is 1. The van der Waals surface area contributed by atoms with E-state index in [9.17, 15) is 9.18 Å². The third-order valence-corrected chi connectivity index (χ3v) is 3.06. The number of furan rings is 1. The molecule has 1 amide bonds. The van der Waals surface area contributed by atoms with E-state index in [0.717, 1.165) is 5.76 Å². The van der Waals surface area contributed by atoms with Gasteiger partial charge in [0.05, 0.1) is 11.6 Å². The highest BCUT2D eigenvalue weighted by molar-refractivity contribution is 5.95. The second-order valence-corrected chi connectivity index (χ2v) is 4.84. The summed E-state index contributed by atoms with van der Waals surface area (Å²) < 4.78 is 19.4. The van der Waals surface area contributed by atoms with E-state index >= 15 is 0 Å². The highest BCUT2D eigenvalue weighted by atomic mass is 19.1. The molecule has 1 aromatic carbocycles. The summed E-state index contributed by atoms with van der Waals surface area (Å²) in [5, 5.41) is 2.69. The summed E-state index contributed by atoms with van der Waals surface area (Å²) in [6.07, 6.45) is 0. The SMILES string of the molecule is Cc1ccc(C(C)NC(=O)c2cc(N)cc(C)c2F)o1. The van der Waals surface area contributed by atoms with Gasteiger partial charge in [-0.05, 0) is 50.6 Å². The normalized spacial score (nSPS) is 12.2. The monoisotopic (exact) mass is 276 g/mol. The fraction of sp³-hybridized carbons (Fsp3) is 0.267. The van der Waals surface area contributed by atoms with Crippen LogP contribution in [0.15, 0.2) is 28.7 Å². The maximum atomic E-state index is 13.9. The van der Waals surface area contributed by atoms with E-state index in [1.165, 1.54) is 12.1 Å². The van der Waals surface area contributed by atoms with Crippen LogP contribution in [0.4, 0.5) is 10.1 Å². The number of benzene rings is 1. The first-order chi connectivity index (χ1) is 9.38. The lowest BCUT2D eigenvalue weighted by molar-refractivity contribution is 0.0931. The molecule has 0 bridgehead atoms. The molecule has 5 heteroatoms. The van der Waals surface area contributed by atoms with E-state index in [4.69, 9.17) is 10.2 Å². The number of carbonyl (C=O) groups is 1. The summed E-state index contributed by atoms with van der Waals surface area (Å²) in [6.45, 7) is 5.16. The van der Waals surface area contributed by atoms with Crippen molar-refractivity contribution in [3.8, 4) is 0 Å². The molecule has 0 radical (unpaired) electrons. The summed E-state index contributed by atoms with van der Waals surface area (Å²) in [5.41, 5.74) is 6.29. The third kappa shape index (κ3) is 2.82. The van der Waals surface area contributed by atoms with Crippen molar-refractivity contribution in [1.82, 2.24) is 5.32 Å². The number of hydrogen-bond acceptors (Lipinski definition) is 3. The van der Waals surface area contributed by atoms with E-state index in [-0.39, 0.29) is 11.6 Å². The van der Waals surface area contributed by atoms with Crippen LogP contribution in [-0.2, 0) is 0 Å². The maximum Gasteiger partial charge on any atom is 0.254 e. The van der Waals surface area contributed by atoms with Crippen LogP contribution in [0.5, 0.6) is 0 Å². The Morgan fingerprint density at radius 1 is 1.35 bits per heavy atom. The Kier molecular flexibility index (Phi) is 3.79. The molecule has 0 fully saturated rings. The van der Waals surface area contributed by atoms with Gasteiger partial charge < -0.3 is 15.5 Å². The molecule has 2 aromatic rings. The molecule has 106 valence electrons. The van der Waals surface area contributed by atoms with Crippen molar-refractivity contribution in [2.24, 2.45) is 0 Å². The molecular weight excluding hydrogens is 259 g/mol. The van der Waals surface area contributed by atoms with Gasteiger partial charge in [0.1, 0.15) is 17.3 Å². The lowest BCUT2D eigenvalue weighted by Crippen LogP contribution is -2.27. The summed E-state index contributed by atoms with van der Waals surface area (Å²) in [5.74, 6) is 0.308. The van der Waals surface area contributed by atoms with Crippen molar-refractivity contribution in [2.45, 2.75) is 26.8 Å². The van der Waals surface area contributed by atoms with Crippen LogP contribution in [0, 0.1) is 19.7 Å². The molecule has 20 heavy (non-hydrogen) atoms. The second kappa shape index (κ2) is 5.36. The highest BCUT2D eigenvalue weighted by Gasteiger charge is 2.18. The Morgan fingerprint density at radius 3 is 2.65 bits per heavy atom. The topological polar surface area (TPSA) is 68.3 Å². The number of anilines is 1. The number of hydrogen-bond donors (Lipinski definition) is 2. The molecular formula is C15H17FN2O2. The Labute approximate surface area is 116 Å². The summed E-state index contributed by atoms with van der Waals surface area (Å²) in [7, 11) is 0. The number of rotatable bonds is 3. The largest absolute Gasteiger partial charge is 0.464 e. The lowest BCUT2D eigenvalue weighted by Gasteiger charge is -2.13. The average molecular weight is 276 g/mol. The molecule has 1 atom stereocenters. The Bertz CT molecular complexity index is 649. The Morgan fingerprint density at radius 2 is 2.05 bits per heavy atom. The van der Waals surface area contributed by atoms with Gasteiger partial charge in [-0.2, -0.15) is 0 Å². The zero-order valence-electron chi connectivity index (χ0n) is 11.7. The standard InChI is InChI=1S/C15H17FN2O2/c1-8-6-11(17)7-12(14(8)16)15(19)18-10(3)13-5-4-9(2)20-13/h4-7,10H,17H2,1-3H3,(H,18,19). The molecule has 1 aromatic heterocycles. The van der Waals surface area contributed by atoms with Gasteiger partial charge in [-0.25, -0.2) is 4.39 Å². The first kappa shape index (κ1) is 14.1. The number of aryl methyl sites for hydroxylation is 2. The first-order valence-electron chi connectivity index (χ1n) is 6.31. The molecule has 4 nitrogen and oxygen atoms in total. The second-order valence-electron chi connectivity index (χ2n) is 4.84. The van der Waals surface area contributed by atoms with Gasteiger partial charge in [-0.3, -0.25) is 4.79 Å². The van der Waals surface area contributed by atoms with E-state index in [0.29, 0.717) is 17.0 Å². The van der Waals surface area contributed by atoms with E-state index in [1.54, 1.807) is 19.9 Å². The number of carbonyl (C=O) groups excluding carboxylic acids is 1. The van der Waals surface area contributed by atoms with Crippen LogP contribution in [0.25, 0.3) is 0 Å². The molecule has 0 aliphatic heterocycles. The van der Waals surface area contributed by atoms with Gasteiger partial charge in [0.25, 0.3) is 5.91 Å². The molecule has 0 spiro atoms. The number of nitrogens with one attached hydrogen (secondary N) is 1. The smallest absolute Gasteiger partial charge is 0.254 e. The molecule has 0 aliphatic rings. The average Bonchev–Trinajstić information content (AvgIpc) is 2.80. The lowest BCUT2D eigenvalue weighted by atomic mass is 10.1. The van der Waals surface area contributed by atoms with E-state index in [2.05, 4.69) is 5.32 Å². The van der Waals surface area contributed by atoms with Crippen molar-refractivity contribution < 1.29 is 13.6 Å². The quantitative estimate of drug-likeness (QED) is 0.846. The van der Waals surface area contributed by atoms with E-state index < -0.39 is 11.7 Å². The van der Waals surface area contributed by atoms with Crippen LogP contribution < -0.4 is 11.1 Å². The van der Waals surface area contributed by atoms with Crippen LogP contribution >= 0.6 is 0 Å². The summed E-state index contributed by atoms with van der Waals surface area (Å²) >= 11 is 0. The van der Waals surface area contributed by atoms with Gasteiger partial charge >= 0.3 is 0 Å². The van der Waals surface area contributed by atoms with Gasteiger partial charge in [0, 0.05) is 5.69 Å². The van der Waals surface area contributed by atoms with Crippen molar-refractivity contribution >= 4 is 11.6 Å². The van der Waals surface area contributed by atoms with Crippen molar-refractivity contribution in [3.63, 3.8) is 0 Å². The van der Waals surface area contributed by atoms with E-state index in [1.807, 2.05) is 13.0 Å². The minimum absolute atomic E-state index is 0.0578. The van der Waals surface area contributed by atoms with Gasteiger partial charge in [-0.1, -0.05) is 0 Å². The van der Waals surface area contributed by atoms with Crippen molar-refractivity contribution in [3.05, 3.63) is 52.7 Å². The van der Waals surface area contributed by atoms with Crippen molar-refractivity contribution in [1.29, 1.82) is 0 Å². The fourth-order valence-corrected chi connectivity index (χ4v) is 1.99. The zero-order valence-corrected chi connectivity index (χ0v) is 11.7. The summed E-state index contributed by atoms with van der Waals surface area (Å²) in [6, 6.07) is 6.06. The maximum absolute atomic E-state index is 13.9. The van der Waals surface area contributed by atoms with Crippen LogP contribution in [0.1, 0.15) is 40.4 Å². The zero-order chi connectivity index (χ0) is 14.9. The number of halogens is 1. The molecule has 3 N–H and O–H groups in total. The number of nitrogens with two attached hydrogens (primary N) is 1. The fourth-order valence-electron chi connectivity index (χ4n) is 1.99. The molecule has 1 unspecified atom stereocenters. The predicted octanol–water partition coefficient (Wildman–Crippen LogP) is 3.11. The van der Waals surface area contributed by atoms with Crippen LogP contribution in [-0.4, -0.2) is 5.91 Å². The molecule has 2 rings (SSSR count). The Hall–Kier alpha value is -2.30. The molecule has 0 saturated heterocycles. The minimum Gasteiger partial charge on any atom is -0.464 e. The molecule has 0 aliphatic carbocycles. The minimum atomic E-state index is -0.556. The van der Waals surface area contributed by atoms with Gasteiger partial charge in [0.15, 0.2) is 0 Å². The predicted molar refractivity (Wildman–Crippen MR) is 74.9 cm³/mol. The van der Waals surface area contributed by atoms with Crippen molar-refractivity contribution in [2.75, 3.05) is 5.73 Å². The van der Waals surface area contributed by atoms with Crippen LogP contribution in [0.2, 0.25) is 0 Å². The van der Waals surface area contributed by atoms with Crippen LogP contribution in [0.3, 0.4) is 0 Å². The Balaban J connectivity index is 2.20. The molecule has 0 saturated carbocycles. The third-order valence-electron chi connectivity index (χ3n) is 3.06. The summed E-state index contributed by atoms with van der Waals surface area (Å²) in [4.78, 5) is 12.1. The highest BCUT2D eigenvalue weighted by Crippen LogP contribution is 2.20. The van der Waals surface area contributed by atoms with Gasteiger partial charge in [0.2, 0.25) is 0 Å².